The molecule has 0 fully saturated rings. The monoisotopic (exact) mass is 505 g/mol. The number of sulfone groups is 1. The van der Waals surface area contributed by atoms with E-state index in [-0.39, 0.29) is 5.75 Å². The Morgan fingerprint density at radius 2 is 1.78 bits per heavy atom. The van der Waals surface area contributed by atoms with Crippen molar-refractivity contribution >= 4 is 27.1 Å². The lowest BCUT2D eigenvalue weighted by Gasteiger charge is -2.18. The second-order valence-electron chi connectivity index (χ2n) is 9.30. The summed E-state index contributed by atoms with van der Waals surface area (Å²) in [6, 6.07) is 18.6. The van der Waals surface area contributed by atoms with Gasteiger partial charge in [-0.1, -0.05) is 30.3 Å². The van der Waals surface area contributed by atoms with Gasteiger partial charge in [-0.05, 0) is 59.4 Å². The number of nitrogens with zero attached hydrogens (tertiary/aromatic N) is 4. The summed E-state index contributed by atoms with van der Waals surface area (Å²) in [7, 11) is -1.26. The molecule has 0 amide bonds. The van der Waals surface area contributed by atoms with Crippen LogP contribution in [0.4, 0.5) is 11.6 Å². The Morgan fingerprint density at radius 3 is 2.58 bits per heavy atom. The minimum absolute atomic E-state index is 0.202. The number of aromatic nitrogens is 3. The molecule has 0 saturated carbocycles. The Labute approximate surface area is 211 Å². The maximum absolute atomic E-state index is 11.6. The van der Waals surface area contributed by atoms with Crippen LogP contribution in [0.2, 0.25) is 0 Å². The number of pyridine rings is 1. The lowest BCUT2D eigenvalue weighted by atomic mass is 10.0. The van der Waals surface area contributed by atoms with Gasteiger partial charge < -0.3 is 15.0 Å². The summed E-state index contributed by atoms with van der Waals surface area (Å²) >= 11 is 0. The standard InChI is InChI=1S/C27H31N5O3S/c1-35-19-22-6-3-4-7-24(22)25-8-5-13-32-26(25)29-27(30-32)28-23-10-9-20-11-14-31(15-12-21(20)18-23)16-17-36(2,33)34/h3-10,13,18H,11-12,14-17,19H2,1-2H3,(H,28,30). The van der Waals surface area contributed by atoms with E-state index in [9.17, 15) is 8.42 Å². The largest absolute Gasteiger partial charge is 0.380 e. The summed E-state index contributed by atoms with van der Waals surface area (Å²) in [5.41, 5.74) is 7.48. The van der Waals surface area contributed by atoms with Gasteiger partial charge in [0.1, 0.15) is 9.84 Å². The van der Waals surface area contributed by atoms with Gasteiger partial charge in [-0.15, -0.1) is 5.10 Å². The van der Waals surface area contributed by atoms with E-state index in [0.717, 1.165) is 54.0 Å². The van der Waals surface area contributed by atoms with Gasteiger partial charge in [-0.25, -0.2) is 12.9 Å². The number of hydrogen-bond acceptors (Lipinski definition) is 7. The van der Waals surface area contributed by atoms with E-state index in [2.05, 4.69) is 51.7 Å². The molecule has 0 radical (unpaired) electrons. The molecule has 0 atom stereocenters. The molecule has 4 aromatic rings. The molecule has 0 spiro atoms. The van der Waals surface area contributed by atoms with Crippen molar-refractivity contribution in [2.45, 2.75) is 19.4 Å². The fourth-order valence-electron chi connectivity index (χ4n) is 4.73. The smallest absolute Gasteiger partial charge is 0.247 e. The first-order chi connectivity index (χ1) is 17.4. The molecule has 188 valence electrons. The number of hydrogen-bond donors (Lipinski definition) is 1. The van der Waals surface area contributed by atoms with Gasteiger partial charge in [0.25, 0.3) is 0 Å². The van der Waals surface area contributed by atoms with Crippen molar-refractivity contribution in [2.75, 3.05) is 44.1 Å². The molecule has 2 aromatic heterocycles. The zero-order valence-electron chi connectivity index (χ0n) is 20.6. The molecule has 0 unspecified atom stereocenters. The average Bonchev–Trinajstić information content (AvgIpc) is 3.15. The molecule has 0 saturated heterocycles. The molecule has 3 heterocycles. The molecule has 9 heteroatoms. The summed E-state index contributed by atoms with van der Waals surface area (Å²) in [6.07, 6.45) is 4.99. The van der Waals surface area contributed by atoms with Crippen molar-refractivity contribution in [3.8, 4) is 11.1 Å². The van der Waals surface area contributed by atoms with E-state index in [4.69, 9.17) is 9.72 Å². The summed E-state index contributed by atoms with van der Waals surface area (Å²) in [4.78, 5) is 7.05. The van der Waals surface area contributed by atoms with Gasteiger partial charge in [0.15, 0.2) is 5.65 Å². The van der Waals surface area contributed by atoms with Gasteiger partial charge in [0.05, 0.1) is 12.4 Å². The number of methoxy groups -OCH3 is 1. The van der Waals surface area contributed by atoms with E-state index in [1.807, 2.05) is 24.4 Å². The van der Waals surface area contributed by atoms with Crippen LogP contribution in [0.1, 0.15) is 16.7 Å². The highest BCUT2D eigenvalue weighted by Crippen LogP contribution is 2.29. The second-order valence-corrected chi connectivity index (χ2v) is 11.6. The van der Waals surface area contributed by atoms with E-state index in [0.29, 0.717) is 19.1 Å². The van der Waals surface area contributed by atoms with Crippen molar-refractivity contribution in [3.05, 3.63) is 77.5 Å². The average molecular weight is 506 g/mol. The summed E-state index contributed by atoms with van der Waals surface area (Å²) in [5, 5.41) is 8.04. The summed E-state index contributed by atoms with van der Waals surface area (Å²) < 4.78 is 30.3. The predicted octanol–water partition coefficient (Wildman–Crippen LogP) is 3.73. The molecule has 1 N–H and O–H groups in total. The molecule has 1 aliphatic heterocycles. The highest BCUT2D eigenvalue weighted by molar-refractivity contribution is 7.90. The van der Waals surface area contributed by atoms with Crippen LogP contribution in [0.15, 0.2) is 60.8 Å². The zero-order valence-corrected chi connectivity index (χ0v) is 21.5. The summed E-state index contributed by atoms with van der Waals surface area (Å²) in [5.74, 6) is 0.739. The van der Waals surface area contributed by atoms with Crippen LogP contribution in [0.5, 0.6) is 0 Å². The normalized spacial score (nSPS) is 14.5. The van der Waals surface area contributed by atoms with E-state index in [1.54, 1.807) is 11.6 Å². The minimum Gasteiger partial charge on any atom is -0.380 e. The van der Waals surface area contributed by atoms with Crippen LogP contribution in [0.3, 0.4) is 0 Å². The number of rotatable bonds is 8. The third kappa shape index (κ3) is 5.59. The maximum Gasteiger partial charge on any atom is 0.247 e. The molecular weight excluding hydrogens is 474 g/mol. The van der Waals surface area contributed by atoms with E-state index in [1.165, 1.54) is 17.4 Å². The van der Waals surface area contributed by atoms with Crippen LogP contribution in [-0.4, -0.2) is 66.7 Å². The number of nitrogens with one attached hydrogen (secondary N) is 1. The van der Waals surface area contributed by atoms with Crippen molar-refractivity contribution in [1.82, 2.24) is 19.5 Å². The first-order valence-electron chi connectivity index (χ1n) is 12.1. The SMILES string of the molecule is COCc1ccccc1-c1cccn2nc(Nc3ccc4c(c3)CCN(CCS(C)(=O)=O)CC4)nc12. The topological polar surface area (TPSA) is 88.8 Å². The van der Waals surface area contributed by atoms with Crippen LogP contribution < -0.4 is 5.32 Å². The van der Waals surface area contributed by atoms with Gasteiger partial charge in [-0.3, -0.25) is 0 Å². The Bertz CT molecular complexity index is 1480. The van der Waals surface area contributed by atoms with E-state index < -0.39 is 9.84 Å². The molecule has 8 nitrogen and oxygen atoms in total. The van der Waals surface area contributed by atoms with Gasteiger partial charge in [0, 0.05) is 50.4 Å². The van der Waals surface area contributed by atoms with Crippen molar-refractivity contribution < 1.29 is 13.2 Å². The van der Waals surface area contributed by atoms with Gasteiger partial charge in [0.2, 0.25) is 5.95 Å². The van der Waals surface area contributed by atoms with Crippen LogP contribution >= 0.6 is 0 Å². The lowest BCUT2D eigenvalue weighted by Crippen LogP contribution is -2.31. The van der Waals surface area contributed by atoms with E-state index >= 15 is 0 Å². The molecule has 36 heavy (non-hydrogen) atoms. The number of fused-ring (bicyclic) bond motifs is 2. The predicted molar refractivity (Wildman–Crippen MR) is 142 cm³/mol. The van der Waals surface area contributed by atoms with Gasteiger partial charge >= 0.3 is 0 Å². The molecule has 0 aliphatic carbocycles. The number of ether oxygens (including phenoxy) is 1. The maximum atomic E-state index is 11.6. The van der Waals surface area contributed by atoms with Crippen LogP contribution in [-0.2, 0) is 34.0 Å². The third-order valence-corrected chi connectivity index (χ3v) is 7.53. The summed E-state index contributed by atoms with van der Waals surface area (Å²) in [6.45, 7) is 2.83. The Hall–Kier alpha value is -3.27. The van der Waals surface area contributed by atoms with Crippen molar-refractivity contribution in [3.63, 3.8) is 0 Å². The zero-order chi connectivity index (χ0) is 25.1. The molecule has 2 aromatic carbocycles. The fraction of sp³-hybridized carbons (Fsp3) is 0.333. The van der Waals surface area contributed by atoms with Crippen molar-refractivity contribution in [1.29, 1.82) is 0 Å². The Kier molecular flexibility index (Phi) is 7.04. The van der Waals surface area contributed by atoms with Crippen LogP contribution in [0.25, 0.3) is 16.8 Å². The first kappa shape index (κ1) is 24.4. The Morgan fingerprint density at radius 1 is 1.00 bits per heavy atom. The highest BCUT2D eigenvalue weighted by atomic mass is 32.2. The molecular formula is C27H31N5O3S. The lowest BCUT2D eigenvalue weighted by molar-refractivity contribution is 0.185. The third-order valence-electron chi connectivity index (χ3n) is 6.61. The molecule has 1 aliphatic rings. The Balaban J connectivity index is 1.36. The van der Waals surface area contributed by atoms with Crippen molar-refractivity contribution in [2.24, 2.45) is 0 Å². The number of anilines is 2. The fourth-order valence-corrected chi connectivity index (χ4v) is 5.32. The second kappa shape index (κ2) is 10.4. The molecule has 0 bridgehead atoms. The molecule has 5 rings (SSSR count). The number of benzene rings is 2. The quantitative estimate of drug-likeness (QED) is 0.390. The van der Waals surface area contributed by atoms with Gasteiger partial charge in [-0.2, -0.15) is 4.98 Å². The minimum atomic E-state index is -2.96. The first-order valence-corrected chi connectivity index (χ1v) is 14.2. The van der Waals surface area contributed by atoms with Crippen LogP contribution in [0, 0.1) is 0 Å². The highest BCUT2D eigenvalue weighted by Gasteiger charge is 2.17.